The maximum absolute atomic E-state index is 12.7. The summed E-state index contributed by atoms with van der Waals surface area (Å²) in [7, 11) is 0. The van der Waals surface area contributed by atoms with E-state index in [9.17, 15) is 9.59 Å². The van der Waals surface area contributed by atoms with E-state index >= 15 is 0 Å². The van der Waals surface area contributed by atoms with Crippen molar-refractivity contribution < 1.29 is 9.59 Å². The predicted octanol–water partition coefficient (Wildman–Crippen LogP) is 3.85. The number of carbonyl (C=O) groups excluding carboxylic acids is 2. The van der Waals surface area contributed by atoms with Gasteiger partial charge in [-0.3, -0.25) is 14.5 Å². The molecule has 9 heteroatoms. The Labute approximate surface area is 236 Å². The van der Waals surface area contributed by atoms with Crippen molar-refractivity contribution in [3.05, 3.63) is 77.9 Å². The number of primary amides is 1. The number of hydrogen-bond acceptors (Lipinski definition) is 7. The van der Waals surface area contributed by atoms with Gasteiger partial charge in [0, 0.05) is 68.3 Å². The molecule has 4 N–H and O–H groups in total. The molecule has 2 saturated heterocycles. The van der Waals surface area contributed by atoms with Gasteiger partial charge in [0.15, 0.2) is 0 Å². The first-order valence-electron chi connectivity index (χ1n) is 14.1. The molecule has 1 aromatic heterocycles. The smallest absolute Gasteiger partial charge is 0.252 e. The number of carbonyl (C=O) groups is 2. The number of pyridine rings is 1. The van der Waals surface area contributed by atoms with Crippen molar-refractivity contribution in [2.75, 3.05) is 54.4 Å². The number of nitrogens with one attached hydrogen (secondary N) is 2. The second-order valence-electron chi connectivity index (χ2n) is 10.8. The van der Waals surface area contributed by atoms with E-state index in [1.807, 2.05) is 48.5 Å². The van der Waals surface area contributed by atoms with E-state index < -0.39 is 5.91 Å². The fourth-order valence-electron chi connectivity index (χ4n) is 5.47. The molecule has 210 valence electrons. The van der Waals surface area contributed by atoms with Crippen LogP contribution in [0.15, 0.2) is 66.7 Å². The highest BCUT2D eigenvalue weighted by Gasteiger charge is 2.24. The summed E-state index contributed by atoms with van der Waals surface area (Å²) in [5.74, 6) is 0.564. The number of amides is 2. The fourth-order valence-corrected chi connectivity index (χ4v) is 5.47. The number of hydrogen-bond donors (Lipinski definition) is 3. The number of nitrogens with zero attached hydrogens (tertiary/aromatic N) is 4. The Morgan fingerprint density at radius 1 is 0.900 bits per heavy atom. The van der Waals surface area contributed by atoms with E-state index in [0.29, 0.717) is 29.5 Å². The summed E-state index contributed by atoms with van der Waals surface area (Å²) in [5, 5.41) is 6.47. The molecule has 2 aliphatic rings. The van der Waals surface area contributed by atoms with Crippen LogP contribution in [0.3, 0.4) is 0 Å². The molecule has 40 heavy (non-hydrogen) atoms. The zero-order valence-electron chi connectivity index (χ0n) is 23.3. The van der Waals surface area contributed by atoms with Gasteiger partial charge >= 0.3 is 0 Å². The van der Waals surface area contributed by atoms with Crippen molar-refractivity contribution >= 4 is 34.8 Å². The van der Waals surface area contributed by atoms with Gasteiger partial charge in [0.2, 0.25) is 0 Å². The summed E-state index contributed by atoms with van der Waals surface area (Å²) in [6.07, 6.45) is 1.83. The van der Waals surface area contributed by atoms with Crippen LogP contribution in [-0.2, 0) is 0 Å². The third kappa shape index (κ3) is 6.54. The van der Waals surface area contributed by atoms with Crippen molar-refractivity contribution in [2.45, 2.75) is 38.8 Å². The molecule has 3 aromatic rings. The molecular weight excluding hydrogens is 502 g/mol. The number of anilines is 4. The topological polar surface area (TPSA) is 107 Å². The Morgan fingerprint density at radius 2 is 1.62 bits per heavy atom. The molecule has 0 unspecified atom stereocenters. The van der Waals surface area contributed by atoms with E-state index in [-0.39, 0.29) is 11.9 Å². The molecule has 2 amide bonds. The van der Waals surface area contributed by atoms with Crippen LogP contribution in [0, 0.1) is 0 Å². The SMILES string of the molecule is CC(C)N1CCN(c2ccc(Nc3nc(N4CCC[C@@H](NC(=O)c5ccccc5)C4)ccc3C(N)=O)cc2)CC1. The number of nitrogens with two attached hydrogens (primary N) is 1. The second-order valence-corrected chi connectivity index (χ2v) is 10.8. The lowest BCUT2D eigenvalue weighted by molar-refractivity contribution is 0.0932. The van der Waals surface area contributed by atoms with Crippen molar-refractivity contribution in [3.8, 4) is 0 Å². The van der Waals surface area contributed by atoms with Crippen LogP contribution < -0.4 is 26.2 Å². The molecule has 0 saturated carbocycles. The summed E-state index contributed by atoms with van der Waals surface area (Å²) in [5.41, 5.74) is 8.70. The molecule has 0 aliphatic carbocycles. The van der Waals surface area contributed by atoms with Gasteiger partial charge in [0.25, 0.3) is 11.8 Å². The zero-order chi connectivity index (χ0) is 28.1. The standard InChI is InChI=1S/C31H39N7O2/c1-22(2)36-17-19-37(20-18-36)26-12-10-24(11-13-26)33-30-27(29(32)39)14-15-28(35-30)38-16-6-9-25(21-38)34-31(40)23-7-4-3-5-8-23/h3-5,7-8,10-15,22,25H,6,9,16-21H2,1-2H3,(H2,32,39)(H,33,35)(H,34,40)/t25-/m1/s1. The van der Waals surface area contributed by atoms with E-state index in [1.165, 1.54) is 5.69 Å². The average Bonchev–Trinajstić information content (AvgIpc) is 2.98. The van der Waals surface area contributed by atoms with Crippen LogP contribution in [-0.4, -0.2) is 73.1 Å². The average molecular weight is 542 g/mol. The minimum atomic E-state index is -0.534. The van der Waals surface area contributed by atoms with Crippen molar-refractivity contribution in [3.63, 3.8) is 0 Å². The summed E-state index contributed by atoms with van der Waals surface area (Å²) in [6.45, 7) is 10.1. The molecule has 0 bridgehead atoms. The second kappa shape index (κ2) is 12.4. The molecule has 2 aromatic carbocycles. The predicted molar refractivity (Wildman–Crippen MR) is 161 cm³/mol. The largest absolute Gasteiger partial charge is 0.369 e. The summed E-state index contributed by atoms with van der Waals surface area (Å²) in [4.78, 5) is 36.8. The van der Waals surface area contributed by atoms with E-state index in [2.05, 4.69) is 51.3 Å². The third-order valence-electron chi connectivity index (χ3n) is 7.80. The van der Waals surface area contributed by atoms with Gasteiger partial charge in [-0.1, -0.05) is 18.2 Å². The van der Waals surface area contributed by atoms with Crippen molar-refractivity contribution in [1.29, 1.82) is 0 Å². The number of piperidine rings is 1. The first-order chi connectivity index (χ1) is 19.4. The van der Waals surface area contributed by atoms with Crippen LogP contribution >= 0.6 is 0 Å². The molecule has 9 nitrogen and oxygen atoms in total. The Morgan fingerprint density at radius 3 is 2.30 bits per heavy atom. The summed E-state index contributed by atoms with van der Waals surface area (Å²) in [6, 6.07) is 21.6. The van der Waals surface area contributed by atoms with Gasteiger partial charge in [-0.15, -0.1) is 0 Å². The van der Waals surface area contributed by atoms with E-state index in [4.69, 9.17) is 10.7 Å². The van der Waals surface area contributed by atoms with Crippen LogP contribution in [0.25, 0.3) is 0 Å². The number of rotatable bonds is 8. The molecule has 1 atom stereocenters. The highest BCUT2D eigenvalue weighted by molar-refractivity contribution is 5.98. The minimum Gasteiger partial charge on any atom is -0.369 e. The van der Waals surface area contributed by atoms with Crippen LogP contribution in [0.5, 0.6) is 0 Å². The number of piperazine rings is 1. The molecule has 0 spiro atoms. The molecular formula is C31H39N7O2. The molecule has 5 rings (SSSR count). The Balaban J connectivity index is 1.26. The van der Waals surface area contributed by atoms with Gasteiger partial charge in [0.05, 0.1) is 5.56 Å². The maximum atomic E-state index is 12.7. The zero-order valence-corrected chi connectivity index (χ0v) is 23.3. The first-order valence-corrected chi connectivity index (χ1v) is 14.1. The third-order valence-corrected chi connectivity index (χ3v) is 7.80. The Hall–Kier alpha value is -4.11. The number of benzene rings is 2. The van der Waals surface area contributed by atoms with E-state index in [1.54, 1.807) is 6.07 Å². The minimum absolute atomic E-state index is 0.00503. The summed E-state index contributed by atoms with van der Waals surface area (Å²) >= 11 is 0. The monoisotopic (exact) mass is 541 g/mol. The lowest BCUT2D eigenvalue weighted by atomic mass is 10.0. The lowest BCUT2D eigenvalue weighted by Gasteiger charge is -2.38. The van der Waals surface area contributed by atoms with Gasteiger partial charge < -0.3 is 26.2 Å². The summed E-state index contributed by atoms with van der Waals surface area (Å²) < 4.78 is 0. The van der Waals surface area contributed by atoms with Gasteiger partial charge in [-0.25, -0.2) is 4.98 Å². The molecule has 2 aliphatic heterocycles. The van der Waals surface area contributed by atoms with Gasteiger partial charge in [-0.2, -0.15) is 0 Å². The lowest BCUT2D eigenvalue weighted by Crippen LogP contribution is -2.48. The van der Waals surface area contributed by atoms with Crippen LogP contribution in [0.2, 0.25) is 0 Å². The maximum Gasteiger partial charge on any atom is 0.252 e. The van der Waals surface area contributed by atoms with Crippen LogP contribution in [0.4, 0.5) is 23.0 Å². The molecule has 0 radical (unpaired) electrons. The molecule has 2 fully saturated rings. The highest BCUT2D eigenvalue weighted by Crippen LogP contribution is 2.27. The Bertz CT molecular complexity index is 1310. The van der Waals surface area contributed by atoms with E-state index in [0.717, 1.165) is 57.1 Å². The van der Waals surface area contributed by atoms with Gasteiger partial charge in [0.1, 0.15) is 11.6 Å². The van der Waals surface area contributed by atoms with Crippen molar-refractivity contribution in [2.24, 2.45) is 5.73 Å². The highest BCUT2D eigenvalue weighted by atomic mass is 16.2. The van der Waals surface area contributed by atoms with Crippen LogP contribution in [0.1, 0.15) is 47.4 Å². The fraction of sp³-hybridized carbons (Fsp3) is 0.387. The van der Waals surface area contributed by atoms with Gasteiger partial charge in [-0.05, 0) is 75.2 Å². The number of aromatic nitrogens is 1. The first kappa shape index (κ1) is 27.5. The van der Waals surface area contributed by atoms with Crippen molar-refractivity contribution in [1.82, 2.24) is 15.2 Å². The molecule has 3 heterocycles. The normalized spacial score (nSPS) is 18.0. The quantitative estimate of drug-likeness (QED) is 0.398. The Kier molecular flexibility index (Phi) is 8.50.